The molecule has 3 aromatic carbocycles. The van der Waals surface area contributed by atoms with Crippen molar-refractivity contribution in [3.8, 4) is 0 Å². The number of fused-ring (bicyclic) bond motifs is 2. The van der Waals surface area contributed by atoms with Crippen LogP contribution in [-0.2, 0) is 14.9 Å². The highest BCUT2D eigenvalue weighted by atomic mass is 35.5. The van der Waals surface area contributed by atoms with Gasteiger partial charge < -0.3 is 9.64 Å². The maximum atomic E-state index is 14.0. The highest BCUT2D eigenvalue weighted by molar-refractivity contribution is 6.30. The molecule has 6 rings (SSSR count). The van der Waals surface area contributed by atoms with Crippen molar-refractivity contribution in [2.45, 2.75) is 17.8 Å². The summed E-state index contributed by atoms with van der Waals surface area (Å²) in [7, 11) is 0. The topological polar surface area (TPSA) is 49.9 Å². The summed E-state index contributed by atoms with van der Waals surface area (Å²) < 4.78 is 5.37. The summed E-state index contributed by atoms with van der Waals surface area (Å²) in [5.74, 6) is 0.159. The third kappa shape index (κ3) is 3.18. The molecule has 1 aliphatic carbocycles. The van der Waals surface area contributed by atoms with E-state index in [0.29, 0.717) is 36.9 Å². The van der Waals surface area contributed by atoms with Gasteiger partial charge in [-0.3, -0.25) is 14.5 Å². The van der Waals surface area contributed by atoms with E-state index in [1.54, 1.807) is 9.80 Å². The molecule has 1 saturated carbocycles. The molecule has 0 unspecified atom stereocenters. The average molecular weight is 459 g/mol. The third-order valence-electron chi connectivity index (χ3n) is 7.09. The van der Waals surface area contributed by atoms with Gasteiger partial charge in [0.1, 0.15) is 0 Å². The Hall–Kier alpha value is -3.15. The Morgan fingerprint density at radius 1 is 0.970 bits per heavy atom. The van der Waals surface area contributed by atoms with Gasteiger partial charge >= 0.3 is 0 Å². The lowest BCUT2D eigenvalue weighted by Gasteiger charge is -2.27. The molecule has 2 aliphatic heterocycles. The molecular weight excluding hydrogens is 436 g/mol. The molecule has 2 fully saturated rings. The normalized spacial score (nSPS) is 23.7. The Kier molecular flexibility index (Phi) is 4.78. The minimum absolute atomic E-state index is 0.0275. The average Bonchev–Trinajstić information content (AvgIpc) is 3.56. The number of ether oxygens (including phenoxy) is 1. The zero-order chi connectivity index (χ0) is 22.6. The number of rotatable bonds is 3. The van der Waals surface area contributed by atoms with E-state index in [1.807, 2.05) is 66.7 Å². The lowest BCUT2D eigenvalue weighted by Crippen LogP contribution is -2.40. The first-order chi connectivity index (χ1) is 16.1. The number of nitrogens with zero attached hydrogens (tertiary/aromatic N) is 2. The van der Waals surface area contributed by atoms with Crippen molar-refractivity contribution in [3.63, 3.8) is 0 Å². The fourth-order valence-electron chi connectivity index (χ4n) is 5.35. The molecule has 2 heterocycles. The van der Waals surface area contributed by atoms with E-state index in [9.17, 15) is 9.59 Å². The molecule has 3 aromatic rings. The van der Waals surface area contributed by atoms with E-state index in [-0.39, 0.29) is 17.7 Å². The van der Waals surface area contributed by atoms with E-state index < -0.39 is 5.41 Å². The van der Waals surface area contributed by atoms with Crippen molar-refractivity contribution in [3.05, 3.63) is 94.5 Å². The Bertz CT molecular complexity index is 1250. The molecule has 33 heavy (non-hydrogen) atoms. The number of carbonyl (C=O) groups is 2. The molecule has 2 amide bonds. The van der Waals surface area contributed by atoms with Crippen molar-refractivity contribution in [2.24, 2.45) is 0 Å². The van der Waals surface area contributed by atoms with Crippen LogP contribution in [0.1, 0.15) is 33.8 Å². The number of morpholine rings is 1. The Labute approximate surface area is 197 Å². The first-order valence-electron chi connectivity index (χ1n) is 11.3. The van der Waals surface area contributed by atoms with E-state index >= 15 is 0 Å². The maximum absolute atomic E-state index is 14.0. The molecule has 1 spiro atoms. The van der Waals surface area contributed by atoms with Crippen LogP contribution in [-0.4, -0.2) is 43.0 Å². The van der Waals surface area contributed by atoms with Crippen LogP contribution < -0.4 is 4.90 Å². The summed E-state index contributed by atoms with van der Waals surface area (Å²) in [5.41, 5.74) is 3.83. The number of anilines is 2. The molecule has 0 bridgehead atoms. The first kappa shape index (κ1) is 20.5. The number of benzene rings is 3. The number of hydrogen-bond acceptors (Lipinski definition) is 3. The number of hydrogen-bond donors (Lipinski definition) is 0. The SMILES string of the molecule is O=C(c1cccc(N2C(=O)[C@@]3(C[C@H]3c3ccc(Cl)cc3)c3ccccc32)c1)N1CCOCC1. The van der Waals surface area contributed by atoms with Crippen molar-refractivity contribution in [1.82, 2.24) is 4.90 Å². The number of para-hydroxylation sites is 1. The second kappa shape index (κ2) is 7.72. The van der Waals surface area contributed by atoms with Crippen LogP contribution >= 0.6 is 11.6 Å². The standard InChI is InChI=1S/C27H23ClN2O3/c28-20-10-8-18(9-11-20)23-17-27(23)22-6-1-2-7-24(22)30(26(27)32)21-5-3-4-19(16-21)25(31)29-12-14-33-15-13-29/h1-11,16,23H,12-15,17H2/t23-,27-/m0/s1. The molecule has 0 aromatic heterocycles. The van der Waals surface area contributed by atoms with E-state index in [0.717, 1.165) is 28.9 Å². The number of carbonyl (C=O) groups excluding carboxylic acids is 2. The maximum Gasteiger partial charge on any atom is 0.254 e. The summed E-state index contributed by atoms with van der Waals surface area (Å²) in [4.78, 5) is 30.6. The van der Waals surface area contributed by atoms with E-state index in [1.165, 1.54) is 0 Å². The van der Waals surface area contributed by atoms with Crippen LogP contribution in [0.25, 0.3) is 0 Å². The second-order valence-corrected chi connectivity index (χ2v) is 9.33. The van der Waals surface area contributed by atoms with Crippen LogP contribution in [0.15, 0.2) is 72.8 Å². The van der Waals surface area contributed by atoms with Gasteiger partial charge in [-0.05, 0) is 53.9 Å². The zero-order valence-corrected chi connectivity index (χ0v) is 18.8. The fourth-order valence-corrected chi connectivity index (χ4v) is 5.47. The first-order valence-corrected chi connectivity index (χ1v) is 11.6. The van der Waals surface area contributed by atoms with Crippen LogP contribution in [0.2, 0.25) is 5.02 Å². The Morgan fingerprint density at radius 2 is 1.73 bits per heavy atom. The molecule has 5 nitrogen and oxygen atoms in total. The van der Waals surface area contributed by atoms with Crippen molar-refractivity contribution >= 4 is 34.8 Å². The molecular formula is C27H23ClN2O3. The number of halogens is 1. The summed E-state index contributed by atoms with van der Waals surface area (Å²) in [6.45, 7) is 2.27. The van der Waals surface area contributed by atoms with Gasteiger partial charge in [0.05, 0.1) is 24.3 Å². The van der Waals surface area contributed by atoms with Gasteiger partial charge in [0.25, 0.3) is 5.91 Å². The summed E-state index contributed by atoms with van der Waals surface area (Å²) in [6.07, 6.45) is 0.771. The smallest absolute Gasteiger partial charge is 0.254 e. The van der Waals surface area contributed by atoms with E-state index in [2.05, 4.69) is 6.07 Å². The molecule has 0 N–H and O–H groups in total. The Balaban J connectivity index is 1.37. The Morgan fingerprint density at radius 3 is 2.52 bits per heavy atom. The van der Waals surface area contributed by atoms with Gasteiger partial charge in [-0.2, -0.15) is 0 Å². The van der Waals surface area contributed by atoms with Gasteiger partial charge in [0.2, 0.25) is 5.91 Å². The van der Waals surface area contributed by atoms with Crippen LogP contribution in [0, 0.1) is 0 Å². The molecule has 0 radical (unpaired) electrons. The van der Waals surface area contributed by atoms with Crippen LogP contribution in [0.5, 0.6) is 0 Å². The quantitative estimate of drug-likeness (QED) is 0.560. The minimum atomic E-state index is -0.561. The minimum Gasteiger partial charge on any atom is -0.378 e. The molecule has 2 atom stereocenters. The van der Waals surface area contributed by atoms with Gasteiger partial charge in [0.15, 0.2) is 0 Å². The van der Waals surface area contributed by atoms with Crippen molar-refractivity contribution in [2.75, 3.05) is 31.2 Å². The summed E-state index contributed by atoms with van der Waals surface area (Å²) in [5, 5.41) is 0.690. The van der Waals surface area contributed by atoms with Gasteiger partial charge in [-0.1, -0.05) is 48.0 Å². The monoisotopic (exact) mass is 458 g/mol. The highest BCUT2D eigenvalue weighted by Gasteiger charge is 2.67. The molecule has 3 aliphatic rings. The second-order valence-electron chi connectivity index (χ2n) is 8.89. The molecule has 166 valence electrons. The van der Waals surface area contributed by atoms with Gasteiger partial charge in [-0.25, -0.2) is 0 Å². The van der Waals surface area contributed by atoms with Crippen LogP contribution in [0.3, 0.4) is 0 Å². The lowest BCUT2D eigenvalue weighted by atomic mass is 9.92. The predicted molar refractivity (Wildman–Crippen MR) is 127 cm³/mol. The lowest BCUT2D eigenvalue weighted by molar-refractivity contribution is -0.119. The van der Waals surface area contributed by atoms with Gasteiger partial charge in [0, 0.05) is 35.3 Å². The van der Waals surface area contributed by atoms with Crippen molar-refractivity contribution < 1.29 is 14.3 Å². The largest absolute Gasteiger partial charge is 0.378 e. The number of amides is 2. The summed E-state index contributed by atoms with van der Waals surface area (Å²) in [6, 6.07) is 23.2. The predicted octanol–water partition coefficient (Wildman–Crippen LogP) is 4.92. The van der Waals surface area contributed by atoms with Crippen LogP contribution in [0.4, 0.5) is 11.4 Å². The zero-order valence-electron chi connectivity index (χ0n) is 18.0. The van der Waals surface area contributed by atoms with Crippen molar-refractivity contribution in [1.29, 1.82) is 0 Å². The van der Waals surface area contributed by atoms with Gasteiger partial charge in [-0.15, -0.1) is 0 Å². The third-order valence-corrected chi connectivity index (χ3v) is 7.35. The molecule has 6 heteroatoms. The fraction of sp³-hybridized carbons (Fsp3) is 0.259. The summed E-state index contributed by atoms with van der Waals surface area (Å²) >= 11 is 6.08. The van der Waals surface area contributed by atoms with E-state index in [4.69, 9.17) is 16.3 Å². The molecule has 1 saturated heterocycles. The highest BCUT2D eigenvalue weighted by Crippen LogP contribution is 2.67.